The number of rotatable bonds is 11. The highest BCUT2D eigenvalue weighted by Gasteiger charge is 2.49. The molecule has 0 rings (SSSR count). The molecule has 0 aromatic heterocycles. The molecule has 0 spiro atoms. The Morgan fingerprint density at radius 2 is 0.765 bits per heavy atom. The molecule has 0 saturated carbocycles. The van der Waals surface area contributed by atoms with Crippen LogP contribution in [0.4, 0.5) is 0 Å². The second kappa shape index (κ2) is 12.8. The van der Waals surface area contributed by atoms with Crippen LogP contribution in [-0.2, 0) is 0 Å². The van der Waals surface area contributed by atoms with Gasteiger partial charge in [0.2, 0.25) is 0 Å². The van der Waals surface area contributed by atoms with Gasteiger partial charge in [0, 0.05) is 12.8 Å². The molecule has 0 fully saturated rings. The van der Waals surface area contributed by atoms with Gasteiger partial charge in [-0.2, -0.15) is 0 Å². The van der Waals surface area contributed by atoms with Crippen LogP contribution in [0.5, 0.6) is 0 Å². The molecule has 4 heteroatoms. The van der Waals surface area contributed by atoms with Crippen molar-refractivity contribution in [2.45, 2.75) is 140 Å². The maximum Gasteiger partial charge on any atom is 0.168 e. The van der Waals surface area contributed by atoms with Crippen molar-refractivity contribution in [3.63, 3.8) is 0 Å². The lowest BCUT2D eigenvalue weighted by molar-refractivity contribution is -0.0748. The summed E-state index contributed by atoms with van der Waals surface area (Å²) in [6, 6.07) is 0. The Morgan fingerprint density at radius 3 is 0.912 bits per heavy atom. The highest BCUT2D eigenvalue weighted by atomic mass is 28.3. The third kappa shape index (κ3) is 6.38. The van der Waals surface area contributed by atoms with Crippen LogP contribution in [-0.4, -0.2) is 37.6 Å². The van der Waals surface area contributed by atoms with Crippen molar-refractivity contribution in [3.05, 3.63) is 25.3 Å². The molecule has 0 aromatic carbocycles. The molecule has 0 aliphatic heterocycles. The highest BCUT2D eigenvalue weighted by Crippen LogP contribution is 2.43. The second-order valence-electron chi connectivity index (χ2n) is 12.0. The minimum Gasteiger partial charge on any atom is -0.373 e. The van der Waals surface area contributed by atoms with Crippen LogP contribution in [0.1, 0.15) is 95.9 Å². The quantitative estimate of drug-likeness (QED) is 0.170. The van der Waals surface area contributed by atoms with E-state index in [1.807, 2.05) is 0 Å². The summed E-state index contributed by atoms with van der Waals surface area (Å²) in [5.74, 6) is 6.49. The maximum absolute atomic E-state index is 12.0. The van der Waals surface area contributed by atoms with Gasteiger partial charge >= 0.3 is 0 Å². The van der Waals surface area contributed by atoms with Crippen molar-refractivity contribution in [2.24, 2.45) is 0 Å². The molecule has 0 unspecified atom stereocenters. The monoisotopic (exact) mass is 502 g/mol. The first-order valence-corrected chi connectivity index (χ1v) is 17.7. The summed E-state index contributed by atoms with van der Waals surface area (Å²) in [4.78, 5) is 0. The van der Waals surface area contributed by atoms with Crippen molar-refractivity contribution in [2.75, 3.05) is 0 Å². The molecule has 2 nitrogen and oxygen atoms in total. The van der Waals surface area contributed by atoms with Crippen molar-refractivity contribution in [1.29, 1.82) is 0 Å². The highest BCUT2D eigenvalue weighted by molar-refractivity contribution is 6.91. The minimum atomic E-state index is -2.11. The van der Waals surface area contributed by atoms with Gasteiger partial charge in [-0.1, -0.05) is 107 Å². The molecular weight excluding hydrogens is 449 g/mol. The Kier molecular flexibility index (Phi) is 12.4. The Balaban J connectivity index is 7.22. The Hall–Kier alpha value is -1.05. The van der Waals surface area contributed by atoms with Gasteiger partial charge in [0.25, 0.3) is 0 Å². The zero-order chi connectivity index (χ0) is 27.1. The maximum atomic E-state index is 12.0. The Bertz CT molecular complexity index is 690. The van der Waals surface area contributed by atoms with Gasteiger partial charge in [0.1, 0.15) is 16.1 Å². The number of aliphatic hydroxyl groups is 2. The molecule has 0 saturated heterocycles. The van der Waals surface area contributed by atoms with Gasteiger partial charge in [-0.15, -0.1) is 24.2 Å². The second-order valence-corrected chi connectivity index (χ2v) is 23.2. The fourth-order valence-corrected chi connectivity index (χ4v) is 16.9. The zero-order valence-electron chi connectivity index (χ0n) is 24.3. The van der Waals surface area contributed by atoms with E-state index in [1.54, 1.807) is 12.2 Å². The molecule has 2 N–H and O–H groups in total. The molecule has 0 aliphatic rings. The summed E-state index contributed by atoms with van der Waals surface area (Å²) >= 11 is 0. The van der Waals surface area contributed by atoms with Crippen molar-refractivity contribution >= 4 is 16.1 Å². The normalized spacial score (nSPS) is 16.2. The van der Waals surface area contributed by atoms with E-state index in [0.717, 1.165) is 0 Å². The SMILES string of the molecule is C=CC[C@@](O)(C#C[Si](C(C)C)(C(C)C)C(C)C)[C@](O)(C#C[Si](C(C)C)(C(C)C)C(C)C)CC=C. The standard InChI is InChI=1S/C30H54O2Si2/c1-15-17-29(31,19-21-33(23(3)4,24(5)6)25(7)8)30(32,18-16-2)20-22-34(26(9)10,27(11)12)28(13)14/h15-16,23-28,31-32H,1-2,17-18H2,3-14H3/t29-,30-/m1/s1. The summed E-state index contributed by atoms with van der Waals surface area (Å²) in [6.07, 6.45) is 3.59. The van der Waals surface area contributed by atoms with Crippen LogP contribution >= 0.6 is 0 Å². The van der Waals surface area contributed by atoms with Gasteiger partial charge < -0.3 is 10.2 Å². The lowest BCUT2D eigenvalue weighted by Gasteiger charge is -2.41. The van der Waals surface area contributed by atoms with Crippen molar-refractivity contribution in [1.82, 2.24) is 0 Å². The average molecular weight is 503 g/mol. The first-order valence-electron chi connectivity index (χ1n) is 13.2. The van der Waals surface area contributed by atoms with E-state index in [1.165, 1.54) is 0 Å². The van der Waals surface area contributed by atoms with E-state index in [4.69, 9.17) is 0 Å². The molecule has 0 bridgehead atoms. The van der Waals surface area contributed by atoms with Crippen LogP contribution in [0.15, 0.2) is 25.3 Å². The largest absolute Gasteiger partial charge is 0.373 e. The summed E-state index contributed by atoms with van der Waals surface area (Å²) in [7, 11) is -4.23. The number of hydrogen-bond donors (Lipinski definition) is 2. The molecule has 0 radical (unpaired) electrons. The molecule has 194 valence electrons. The van der Waals surface area contributed by atoms with Crippen molar-refractivity contribution < 1.29 is 10.2 Å². The van der Waals surface area contributed by atoms with Gasteiger partial charge in [-0.05, 0) is 33.2 Å². The van der Waals surface area contributed by atoms with Gasteiger partial charge in [-0.25, -0.2) is 0 Å². The smallest absolute Gasteiger partial charge is 0.168 e. The fraction of sp³-hybridized carbons (Fsp3) is 0.733. The third-order valence-corrected chi connectivity index (χ3v) is 20.8. The van der Waals surface area contributed by atoms with Crippen LogP contribution in [0.3, 0.4) is 0 Å². The molecule has 2 atom stereocenters. The fourth-order valence-electron chi connectivity index (χ4n) is 6.35. The number of hydrogen-bond acceptors (Lipinski definition) is 2. The van der Waals surface area contributed by atoms with E-state index in [0.29, 0.717) is 33.2 Å². The van der Waals surface area contributed by atoms with Crippen LogP contribution in [0, 0.1) is 22.9 Å². The summed E-state index contributed by atoms with van der Waals surface area (Å²) in [6.45, 7) is 34.7. The van der Waals surface area contributed by atoms with Crippen LogP contribution in [0.2, 0.25) is 33.2 Å². The van der Waals surface area contributed by atoms with E-state index >= 15 is 0 Å². The lowest BCUT2D eigenvalue weighted by atomic mass is 9.79. The zero-order valence-corrected chi connectivity index (χ0v) is 26.3. The molecule has 0 amide bonds. The molecular formula is C30H54O2Si2. The predicted molar refractivity (Wildman–Crippen MR) is 157 cm³/mol. The lowest BCUT2D eigenvalue weighted by Crippen LogP contribution is -2.54. The molecule has 34 heavy (non-hydrogen) atoms. The van der Waals surface area contributed by atoms with Crippen LogP contribution < -0.4 is 0 Å². The molecule has 0 aliphatic carbocycles. The van der Waals surface area contributed by atoms with Crippen LogP contribution in [0.25, 0.3) is 0 Å². The van der Waals surface area contributed by atoms with E-state index in [-0.39, 0.29) is 12.8 Å². The van der Waals surface area contributed by atoms with E-state index in [9.17, 15) is 10.2 Å². The molecule has 0 aromatic rings. The topological polar surface area (TPSA) is 40.5 Å². The van der Waals surface area contributed by atoms with E-state index < -0.39 is 27.3 Å². The summed E-state index contributed by atoms with van der Waals surface area (Å²) < 4.78 is 0. The van der Waals surface area contributed by atoms with Gasteiger partial charge in [0.05, 0.1) is 0 Å². The Labute approximate surface area is 214 Å². The third-order valence-electron chi connectivity index (χ3n) is 8.27. The van der Waals surface area contributed by atoms with Gasteiger partial charge in [0.15, 0.2) is 11.2 Å². The first-order chi connectivity index (χ1) is 15.4. The Morgan fingerprint density at radius 1 is 0.559 bits per heavy atom. The summed E-state index contributed by atoms with van der Waals surface area (Å²) in [5, 5.41) is 24.0. The summed E-state index contributed by atoms with van der Waals surface area (Å²) in [5.41, 5.74) is 6.39. The average Bonchev–Trinajstić information content (AvgIpc) is 2.67. The van der Waals surface area contributed by atoms with E-state index in [2.05, 4.69) is 119 Å². The minimum absolute atomic E-state index is 0.150. The van der Waals surface area contributed by atoms with Crippen molar-refractivity contribution in [3.8, 4) is 22.9 Å². The predicted octanol–water partition coefficient (Wildman–Crippen LogP) is 8.04. The first kappa shape index (κ1) is 33.0. The molecule has 0 heterocycles. The van der Waals surface area contributed by atoms with Gasteiger partial charge in [-0.3, -0.25) is 0 Å².